The summed E-state index contributed by atoms with van der Waals surface area (Å²) < 4.78 is 11.6. The highest BCUT2D eigenvalue weighted by molar-refractivity contribution is 14.1. The summed E-state index contributed by atoms with van der Waals surface area (Å²) in [4.78, 5) is 0. The molecule has 0 N–H and O–H groups in total. The van der Waals surface area contributed by atoms with Gasteiger partial charge in [0.1, 0.15) is 11.5 Å². The van der Waals surface area contributed by atoms with Crippen LogP contribution in [0.4, 0.5) is 0 Å². The van der Waals surface area contributed by atoms with Crippen molar-refractivity contribution in [2.45, 2.75) is 0 Å². The Hall–Kier alpha value is 0.0300. The molecule has 1 rings (SSSR count). The Morgan fingerprint density at radius 3 is 2.77 bits per heavy atom. The first kappa shape index (κ1) is 11.1. The van der Waals surface area contributed by atoms with E-state index in [4.69, 9.17) is 9.47 Å². The Balaban J connectivity index is 2.71. The molecule has 0 fully saturated rings. The van der Waals surface area contributed by atoms with Gasteiger partial charge in [-0.15, -0.1) is 0 Å². The van der Waals surface area contributed by atoms with Crippen LogP contribution >= 0.6 is 38.5 Å². The number of halogens is 2. The van der Waals surface area contributed by atoms with Gasteiger partial charge >= 0.3 is 0 Å². The van der Waals surface area contributed by atoms with E-state index in [0.717, 1.165) is 20.4 Å². The molecule has 0 aliphatic carbocycles. The Kier molecular flexibility index (Phi) is 4.87. The Bertz CT molecular complexity index is 278. The molecule has 0 unspecified atom stereocenters. The minimum absolute atomic E-state index is 0.683. The fourth-order valence-electron chi connectivity index (χ4n) is 0.893. The van der Waals surface area contributed by atoms with Gasteiger partial charge in [-0.2, -0.15) is 0 Å². The molecule has 0 aromatic heterocycles. The highest BCUT2D eigenvalue weighted by atomic mass is 127. The number of rotatable bonds is 4. The molecule has 2 nitrogen and oxygen atoms in total. The van der Waals surface area contributed by atoms with E-state index in [1.54, 1.807) is 7.11 Å². The Morgan fingerprint density at radius 2 is 2.23 bits per heavy atom. The third-order valence-electron chi connectivity index (χ3n) is 1.47. The molecule has 0 bridgehead atoms. The zero-order chi connectivity index (χ0) is 9.68. The van der Waals surface area contributed by atoms with Gasteiger partial charge in [-0.25, -0.2) is 0 Å². The van der Waals surface area contributed by atoms with Crippen LogP contribution < -0.4 is 9.47 Å². The quantitative estimate of drug-likeness (QED) is 0.609. The van der Waals surface area contributed by atoms with Gasteiger partial charge in [0.2, 0.25) is 0 Å². The minimum atomic E-state index is 0.683. The van der Waals surface area contributed by atoms with E-state index in [2.05, 4.69) is 38.5 Å². The fourth-order valence-corrected chi connectivity index (χ4v) is 1.76. The molecular formula is C9H10BrIO2. The van der Waals surface area contributed by atoms with E-state index < -0.39 is 0 Å². The Labute approximate surface area is 99.9 Å². The van der Waals surface area contributed by atoms with Gasteiger partial charge in [-0.3, -0.25) is 0 Å². The molecule has 4 heteroatoms. The zero-order valence-electron chi connectivity index (χ0n) is 7.22. The van der Waals surface area contributed by atoms with E-state index in [1.807, 2.05) is 18.2 Å². The van der Waals surface area contributed by atoms with Crippen LogP contribution in [-0.4, -0.2) is 19.0 Å². The minimum Gasteiger partial charge on any atom is -0.496 e. The van der Waals surface area contributed by atoms with E-state index in [-0.39, 0.29) is 0 Å². The lowest BCUT2D eigenvalue weighted by Gasteiger charge is -2.07. The van der Waals surface area contributed by atoms with Crippen LogP contribution in [0.1, 0.15) is 0 Å². The molecule has 0 spiro atoms. The summed E-state index contributed by atoms with van der Waals surface area (Å²) >= 11 is 5.52. The van der Waals surface area contributed by atoms with E-state index in [0.29, 0.717) is 6.61 Å². The fraction of sp³-hybridized carbons (Fsp3) is 0.333. The smallest absolute Gasteiger partial charge is 0.132 e. The van der Waals surface area contributed by atoms with Crippen molar-refractivity contribution in [2.75, 3.05) is 19.0 Å². The monoisotopic (exact) mass is 356 g/mol. The van der Waals surface area contributed by atoms with E-state index in [1.165, 1.54) is 0 Å². The van der Waals surface area contributed by atoms with Gasteiger partial charge < -0.3 is 9.47 Å². The molecule has 0 radical (unpaired) electrons. The second-order valence-electron chi connectivity index (χ2n) is 2.33. The van der Waals surface area contributed by atoms with E-state index in [9.17, 15) is 0 Å². The van der Waals surface area contributed by atoms with Crippen LogP contribution in [0.25, 0.3) is 0 Å². The summed E-state index contributed by atoms with van der Waals surface area (Å²) in [5.41, 5.74) is 0. The highest BCUT2D eigenvalue weighted by Crippen LogP contribution is 2.25. The standard InChI is InChI=1S/C9H10BrIO2/c1-12-9-3-2-7(6-8(9)11)13-5-4-10/h2-3,6H,4-5H2,1H3. The van der Waals surface area contributed by atoms with Crippen molar-refractivity contribution < 1.29 is 9.47 Å². The van der Waals surface area contributed by atoms with Gasteiger partial charge in [0.25, 0.3) is 0 Å². The molecule has 0 heterocycles. The van der Waals surface area contributed by atoms with Gasteiger partial charge in [-0.05, 0) is 40.8 Å². The predicted molar refractivity (Wildman–Crippen MR) is 65.0 cm³/mol. The third kappa shape index (κ3) is 3.34. The van der Waals surface area contributed by atoms with Gasteiger partial charge in [0, 0.05) is 5.33 Å². The SMILES string of the molecule is COc1ccc(OCCBr)cc1I. The number of hydrogen-bond donors (Lipinski definition) is 0. The number of methoxy groups -OCH3 is 1. The van der Waals surface area contributed by atoms with Crippen LogP contribution in [0, 0.1) is 3.57 Å². The zero-order valence-corrected chi connectivity index (χ0v) is 11.0. The largest absolute Gasteiger partial charge is 0.496 e. The summed E-state index contributed by atoms with van der Waals surface area (Å²) in [7, 11) is 1.66. The van der Waals surface area contributed by atoms with Gasteiger partial charge in [-0.1, -0.05) is 15.9 Å². The van der Waals surface area contributed by atoms with Crippen LogP contribution in [0.5, 0.6) is 11.5 Å². The van der Waals surface area contributed by atoms with Crippen LogP contribution in [0.2, 0.25) is 0 Å². The summed E-state index contributed by atoms with van der Waals surface area (Å²) in [6.07, 6.45) is 0. The van der Waals surface area contributed by atoms with Crippen LogP contribution in [0.3, 0.4) is 0 Å². The first-order valence-electron chi connectivity index (χ1n) is 3.80. The van der Waals surface area contributed by atoms with E-state index >= 15 is 0 Å². The molecule has 0 saturated heterocycles. The third-order valence-corrected chi connectivity index (χ3v) is 2.64. The molecular weight excluding hydrogens is 347 g/mol. The molecule has 0 amide bonds. The Morgan fingerprint density at radius 1 is 1.46 bits per heavy atom. The maximum Gasteiger partial charge on any atom is 0.132 e. The van der Waals surface area contributed by atoms with Gasteiger partial charge in [0.15, 0.2) is 0 Å². The maximum absolute atomic E-state index is 5.43. The number of benzene rings is 1. The average Bonchev–Trinajstić information content (AvgIpc) is 2.15. The lowest BCUT2D eigenvalue weighted by molar-refractivity contribution is 0.343. The highest BCUT2D eigenvalue weighted by Gasteiger charge is 2.01. The lowest BCUT2D eigenvalue weighted by Crippen LogP contribution is -1.98. The second kappa shape index (κ2) is 5.70. The number of alkyl halides is 1. The molecule has 1 aromatic carbocycles. The number of hydrogen-bond acceptors (Lipinski definition) is 2. The molecule has 0 aliphatic heterocycles. The first-order valence-corrected chi connectivity index (χ1v) is 6.00. The topological polar surface area (TPSA) is 18.5 Å². The van der Waals surface area contributed by atoms with Crippen molar-refractivity contribution in [1.82, 2.24) is 0 Å². The van der Waals surface area contributed by atoms with Crippen molar-refractivity contribution >= 4 is 38.5 Å². The van der Waals surface area contributed by atoms with Crippen molar-refractivity contribution in [2.24, 2.45) is 0 Å². The molecule has 0 aliphatic rings. The maximum atomic E-state index is 5.43. The van der Waals surface area contributed by atoms with Crippen molar-refractivity contribution in [1.29, 1.82) is 0 Å². The molecule has 72 valence electrons. The summed E-state index contributed by atoms with van der Waals surface area (Å²) in [6, 6.07) is 5.77. The van der Waals surface area contributed by atoms with Crippen molar-refractivity contribution in [3.63, 3.8) is 0 Å². The van der Waals surface area contributed by atoms with Crippen molar-refractivity contribution in [3.05, 3.63) is 21.8 Å². The molecule has 0 atom stereocenters. The molecule has 1 aromatic rings. The average molecular weight is 357 g/mol. The summed E-state index contributed by atoms with van der Waals surface area (Å²) in [6.45, 7) is 0.683. The lowest BCUT2D eigenvalue weighted by atomic mass is 10.3. The van der Waals surface area contributed by atoms with Crippen LogP contribution in [-0.2, 0) is 0 Å². The summed E-state index contributed by atoms with van der Waals surface area (Å²) in [5.74, 6) is 1.76. The second-order valence-corrected chi connectivity index (χ2v) is 4.29. The molecule has 13 heavy (non-hydrogen) atoms. The van der Waals surface area contributed by atoms with Crippen molar-refractivity contribution in [3.8, 4) is 11.5 Å². The first-order chi connectivity index (χ1) is 6.27. The van der Waals surface area contributed by atoms with Gasteiger partial charge in [0.05, 0.1) is 17.3 Å². The normalized spacial score (nSPS) is 9.77. The summed E-state index contributed by atoms with van der Waals surface area (Å²) in [5, 5.41) is 0.843. The molecule has 0 saturated carbocycles. The number of ether oxygens (including phenoxy) is 2. The predicted octanol–water partition coefficient (Wildman–Crippen LogP) is 3.07. The van der Waals surface area contributed by atoms with Crippen LogP contribution in [0.15, 0.2) is 18.2 Å².